The molecule has 0 aliphatic heterocycles. The molecule has 2 aromatic heterocycles. The molecule has 0 bridgehead atoms. The van der Waals surface area contributed by atoms with Gasteiger partial charge in [0.1, 0.15) is 5.82 Å². The molecule has 0 aromatic carbocycles. The van der Waals surface area contributed by atoms with Crippen molar-refractivity contribution < 1.29 is 14.3 Å². The molecule has 0 fully saturated rings. The fourth-order valence-electron chi connectivity index (χ4n) is 1.67. The lowest BCUT2D eigenvalue weighted by Crippen LogP contribution is -2.21. The second-order valence-electron chi connectivity index (χ2n) is 4.31. The van der Waals surface area contributed by atoms with Crippen LogP contribution >= 0.6 is 22.9 Å². The van der Waals surface area contributed by atoms with Gasteiger partial charge in [-0.15, -0.1) is 11.3 Å². The number of hydrogen-bond donors (Lipinski definition) is 1. The molecule has 0 atom stereocenters. The number of carbonyl (C=O) groups is 2. The molecule has 0 radical (unpaired) electrons. The number of amides is 1. The lowest BCUT2D eigenvalue weighted by Gasteiger charge is -2.05. The number of hydrogen-bond acceptors (Lipinski definition) is 5. The molecule has 5 nitrogen and oxygen atoms in total. The van der Waals surface area contributed by atoms with Crippen LogP contribution in [0.4, 0.5) is 5.82 Å². The third kappa shape index (κ3) is 4.27. The molecule has 1 amide bonds. The average molecular weight is 325 g/mol. The van der Waals surface area contributed by atoms with Crippen LogP contribution in [0.5, 0.6) is 0 Å². The van der Waals surface area contributed by atoms with Crippen molar-refractivity contribution in [2.75, 3.05) is 11.9 Å². The summed E-state index contributed by atoms with van der Waals surface area (Å²) in [4.78, 5) is 29.3. The summed E-state index contributed by atoms with van der Waals surface area (Å²) in [7, 11) is 0. The first-order valence-corrected chi connectivity index (χ1v) is 7.30. The molecule has 2 aromatic rings. The first kappa shape index (κ1) is 15.5. The quantitative estimate of drug-likeness (QED) is 0.877. The second-order valence-corrected chi connectivity index (χ2v) is 6.21. The standard InChI is InChI=1S/C14H13ClN2O3S/c1-8-5-11(9(2)21-8)14(19)20-7-13(18)17-12-4-3-10(15)6-16-12/h3-6H,7H2,1-2H3,(H,16,17,18). The van der Waals surface area contributed by atoms with Gasteiger partial charge in [0.25, 0.3) is 5.91 Å². The molecule has 2 rings (SSSR count). The lowest BCUT2D eigenvalue weighted by atomic mass is 10.2. The Bertz CT molecular complexity index is 667. The highest BCUT2D eigenvalue weighted by Gasteiger charge is 2.15. The van der Waals surface area contributed by atoms with Gasteiger partial charge < -0.3 is 10.1 Å². The van der Waals surface area contributed by atoms with Crippen molar-refractivity contribution in [1.29, 1.82) is 0 Å². The Morgan fingerprint density at radius 2 is 2.14 bits per heavy atom. The van der Waals surface area contributed by atoms with Crippen LogP contribution in [0.2, 0.25) is 5.02 Å². The number of rotatable bonds is 4. The van der Waals surface area contributed by atoms with Crippen molar-refractivity contribution in [2.45, 2.75) is 13.8 Å². The van der Waals surface area contributed by atoms with Gasteiger partial charge in [-0.1, -0.05) is 11.6 Å². The van der Waals surface area contributed by atoms with Crippen molar-refractivity contribution in [3.8, 4) is 0 Å². The summed E-state index contributed by atoms with van der Waals surface area (Å²) in [6, 6.07) is 4.92. The fraction of sp³-hybridized carbons (Fsp3) is 0.214. The van der Waals surface area contributed by atoms with E-state index in [1.165, 1.54) is 17.5 Å². The number of nitrogens with one attached hydrogen (secondary N) is 1. The maximum absolute atomic E-state index is 11.9. The molecule has 0 saturated heterocycles. The molecule has 1 N–H and O–H groups in total. The number of thiophene rings is 1. The van der Waals surface area contributed by atoms with E-state index in [0.717, 1.165) is 9.75 Å². The monoisotopic (exact) mass is 324 g/mol. The highest BCUT2D eigenvalue weighted by Crippen LogP contribution is 2.21. The van der Waals surface area contributed by atoms with Crippen LogP contribution < -0.4 is 5.32 Å². The predicted molar refractivity (Wildman–Crippen MR) is 82.0 cm³/mol. The summed E-state index contributed by atoms with van der Waals surface area (Å²) < 4.78 is 4.98. The van der Waals surface area contributed by atoms with E-state index < -0.39 is 11.9 Å². The first-order chi connectivity index (χ1) is 9.95. The minimum absolute atomic E-state index is 0.350. The Kier molecular flexibility index (Phi) is 4.93. The Morgan fingerprint density at radius 3 is 2.71 bits per heavy atom. The predicted octanol–water partition coefficient (Wildman–Crippen LogP) is 3.21. The zero-order valence-corrected chi connectivity index (χ0v) is 13.0. The van der Waals surface area contributed by atoms with Crippen LogP contribution in [-0.4, -0.2) is 23.5 Å². The van der Waals surface area contributed by atoms with E-state index in [2.05, 4.69) is 10.3 Å². The third-order valence-electron chi connectivity index (χ3n) is 2.59. The molecule has 2 heterocycles. The Hall–Kier alpha value is -1.92. The van der Waals surface area contributed by atoms with Gasteiger partial charge in [-0.25, -0.2) is 9.78 Å². The van der Waals surface area contributed by atoms with Gasteiger partial charge in [0.2, 0.25) is 0 Å². The fourth-order valence-corrected chi connectivity index (χ4v) is 2.69. The zero-order valence-electron chi connectivity index (χ0n) is 11.5. The summed E-state index contributed by atoms with van der Waals surface area (Å²) in [5, 5.41) is 2.99. The number of aryl methyl sites for hydroxylation is 2. The summed E-state index contributed by atoms with van der Waals surface area (Å²) >= 11 is 7.20. The van der Waals surface area contributed by atoms with E-state index in [1.807, 2.05) is 13.8 Å². The van der Waals surface area contributed by atoms with Gasteiger partial charge in [0.15, 0.2) is 6.61 Å². The van der Waals surface area contributed by atoms with Crippen molar-refractivity contribution >= 4 is 40.6 Å². The van der Waals surface area contributed by atoms with Crippen LogP contribution in [0.3, 0.4) is 0 Å². The SMILES string of the molecule is Cc1cc(C(=O)OCC(=O)Nc2ccc(Cl)cn2)c(C)s1. The number of halogens is 1. The topological polar surface area (TPSA) is 68.3 Å². The molecular weight excluding hydrogens is 312 g/mol. The number of nitrogens with zero attached hydrogens (tertiary/aromatic N) is 1. The van der Waals surface area contributed by atoms with E-state index in [1.54, 1.807) is 18.2 Å². The van der Waals surface area contributed by atoms with Crippen LogP contribution in [-0.2, 0) is 9.53 Å². The maximum atomic E-state index is 11.9. The van der Waals surface area contributed by atoms with Crippen molar-refractivity contribution in [3.05, 3.63) is 44.7 Å². The van der Waals surface area contributed by atoms with E-state index >= 15 is 0 Å². The van der Waals surface area contributed by atoms with Crippen LogP contribution in [0.25, 0.3) is 0 Å². The summed E-state index contributed by atoms with van der Waals surface area (Å²) in [6.07, 6.45) is 1.42. The molecule has 21 heavy (non-hydrogen) atoms. The second kappa shape index (κ2) is 6.69. The summed E-state index contributed by atoms with van der Waals surface area (Å²) in [5.74, 6) is -0.609. The smallest absolute Gasteiger partial charge is 0.339 e. The van der Waals surface area contributed by atoms with Gasteiger partial charge in [-0.05, 0) is 32.0 Å². The largest absolute Gasteiger partial charge is 0.452 e. The number of ether oxygens (including phenoxy) is 1. The highest BCUT2D eigenvalue weighted by atomic mass is 35.5. The molecular formula is C14H13ClN2O3S. The molecule has 110 valence electrons. The normalized spacial score (nSPS) is 10.2. The minimum atomic E-state index is -0.504. The van der Waals surface area contributed by atoms with E-state index in [0.29, 0.717) is 16.4 Å². The molecule has 0 unspecified atom stereocenters. The number of carbonyl (C=O) groups excluding carboxylic acids is 2. The number of esters is 1. The highest BCUT2D eigenvalue weighted by molar-refractivity contribution is 7.12. The summed E-state index contributed by atoms with van der Waals surface area (Å²) in [6.45, 7) is 3.39. The molecule has 0 aliphatic carbocycles. The van der Waals surface area contributed by atoms with E-state index in [4.69, 9.17) is 16.3 Å². The zero-order chi connectivity index (χ0) is 15.4. The van der Waals surface area contributed by atoms with E-state index in [-0.39, 0.29) is 6.61 Å². The molecule has 7 heteroatoms. The third-order valence-corrected chi connectivity index (χ3v) is 3.78. The minimum Gasteiger partial charge on any atom is -0.452 e. The first-order valence-electron chi connectivity index (χ1n) is 6.11. The average Bonchev–Trinajstić information content (AvgIpc) is 2.78. The van der Waals surface area contributed by atoms with Crippen molar-refractivity contribution in [1.82, 2.24) is 4.98 Å². The van der Waals surface area contributed by atoms with E-state index in [9.17, 15) is 9.59 Å². The summed E-state index contributed by atoms with van der Waals surface area (Å²) in [5.41, 5.74) is 0.495. The van der Waals surface area contributed by atoms with Gasteiger partial charge in [-0.2, -0.15) is 0 Å². The van der Waals surface area contributed by atoms with Crippen molar-refractivity contribution in [3.63, 3.8) is 0 Å². The number of anilines is 1. The molecule has 0 saturated carbocycles. The Morgan fingerprint density at radius 1 is 1.38 bits per heavy atom. The van der Waals surface area contributed by atoms with Crippen LogP contribution in [0.1, 0.15) is 20.1 Å². The number of aromatic nitrogens is 1. The van der Waals surface area contributed by atoms with Gasteiger partial charge in [-0.3, -0.25) is 4.79 Å². The lowest BCUT2D eigenvalue weighted by molar-refractivity contribution is -0.119. The van der Waals surface area contributed by atoms with Crippen LogP contribution in [0, 0.1) is 13.8 Å². The van der Waals surface area contributed by atoms with Crippen molar-refractivity contribution in [2.24, 2.45) is 0 Å². The Balaban J connectivity index is 1.88. The maximum Gasteiger partial charge on any atom is 0.339 e. The van der Waals surface area contributed by atoms with Gasteiger partial charge >= 0.3 is 5.97 Å². The Labute approximate surface area is 130 Å². The van der Waals surface area contributed by atoms with Gasteiger partial charge in [0, 0.05) is 16.0 Å². The molecule has 0 aliphatic rings. The van der Waals surface area contributed by atoms with Crippen LogP contribution in [0.15, 0.2) is 24.4 Å². The number of pyridine rings is 1. The van der Waals surface area contributed by atoms with Gasteiger partial charge in [0.05, 0.1) is 10.6 Å². The molecule has 0 spiro atoms.